The lowest BCUT2D eigenvalue weighted by Gasteiger charge is -2.41. The molecule has 0 saturated heterocycles. The molecule has 3 nitrogen and oxygen atoms in total. The molecule has 1 saturated carbocycles. The molecule has 7 heteroatoms. The van der Waals surface area contributed by atoms with Gasteiger partial charge in [0.2, 0.25) is 0 Å². The van der Waals surface area contributed by atoms with Gasteiger partial charge in [0.15, 0.2) is 0 Å². The first kappa shape index (κ1) is 14.2. The molecule has 0 aromatic carbocycles. The summed E-state index contributed by atoms with van der Waals surface area (Å²) in [5.74, 6) is -4.77. The highest BCUT2D eigenvalue weighted by atomic mass is 19.3. The van der Waals surface area contributed by atoms with Crippen molar-refractivity contribution in [3.8, 4) is 0 Å². The highest BCUT2D eigenvalue weighted by molar-refractivity contribution is 5.70. The van der Waals surface area contributed by atoms with E-state index in [2.05, 4.69) is 4.74 Å². The van der Waals surface area contributed by atoms with E-state index in [0.717, 1.165) is 6.42 Å². The number of carbonyl (C=O) groups excluding carboxylic acids is 1. The molecule has 0 atom stereocenters. The van der Waals surface area contributed by atoms with Crippen LogP contribution >= 0.6 is 0 Å². The normalized spacial score (nSPS) is 18.9. The highest BCUT2D eigenvalue weighted by Crippen LogP contribution is 2.40. The fourth-order valence-corrected chi connectivity index (χ4v) is 1.59. The Bertz CT molecular complexity index is 277. The fraction of sp³-hybridized carbons (Fsp3) is 0.900. The Labute approximate surface area is 96.1 Å². The molecule has 1 rings (SSSR count). The molecule has 0 aromatic heterocycles. The van der Waals surface area contributed by atoms with Gasteiger partial charge in [0.1, 0.15) is 6.61 Å². The van der Waals surface area contributed by atoms with Gasteiger partial charge in [-0.25, -0.2) is 8.78 Å². The first-order chi connectivity index (χ1) is 7.81. The molecule has 100 valence electrons. The Hall–Kier alpha value is -0.850. The lowest BCUT2D eigenvalue weighted by Crippen LogP contribution is -2.46. The fourth-order valence-electron chi connectivity index (χ4n) is 1.59. The summed E-state index contributed by atoms with van der Waals surface area (Å²) in [5, 5.41) is 0. The van der Waals surface area contributed by atoms with Crippen molar-refractivity contribution >= 4 is 5.97 Å². The van der Waals surface area contributed by atoms with E-state index >= 15 is 0 Å². The summed E-state index contributed by atoms with van der Waals surface area (Å²) in [5.41, 5.74) is -1.05. The predicted molar refractivity (Wildman–Crippen MR) is 50.1 cm³/mol. The van der Waals surface area contributed by atoms with Crippen molar-refractivity contribution in [3.05, 3.63) is 0 Å². The molecule has 0 heterocycles. The number of ether oxygens (including phenoxy) is 2. The number of rotatable bonds is 6. The average molecular weight is 258 g/mol. The number of methoxy groups -OCH3 is 1. The maximum absolute atomic E-state index is 12.7. The Morgan fingerprint density at radius 3 is 2.35 bits per heavy atom. The molecule has 0 unspecified atom stereocenters. The molecule has 1 fully saturated rings. The molecule has 0 amide bonds. The second-order valence-corrected chi connectivity index (χ2v) is 4.14. The van der Waals surface area contributed by atoms with Gasteiger partial charge >= 0.3 is 18.3 Å². The van der Waals surface area contributed by atoms with E-state index in [9.17, 15) is 22.4 Å². The third-order valence-electron chi connectivity index (χ3n) is 2.85. The lowest BCUT2D eigenvalue weighted by molar-refractivity contribution is -0.213. The SMILES string of the molecule is COC(=O)CC1(OCC(F)(F)C(F)F)CCC1. The quantitative estimate of drug-likeness (QED) is 0.542. The van der Waals surface area contributed by atoms with E-state index < -0.39 is 30.5 Å². The second kappa shape index (κ2) is 5.20. The minimum atomic E-state index is -4.18. The average Bonchev–Trinajstić information content (AvgIpc) is 2.21. The first-order valence-corrected chi connectivity index (χ1v) is 5.18. The molecule has 0 aromatic rings. The molecule has 17 heavy (non-hydrogen) atoms. The van der Waals surface area contributed by atoms with E-state index in [4.69, 9.17) is 4.74 Å². The zero-order valence-electron chi connectivity index (χ0n) is 9.35. The van der Waals surface area contributed by atoms with Crippen molar-refractivity contribution in [2.45, 2.75) is 43.6 Å². The Balaban J connectivity index is 2.50. The summed E-state index contributed by atoms with van der Waals surface area (Å²) < 4.78 is 58.4. The van der Waals surface area contributed by atoms with Gasteiger partial charge in [-0.3, -0.25) is 4.79 Å². The second-order valence-electron chi connectivity index (χ2n) is 4.14. The Morgan fingerprint density at radius 1 is 1.41 bits per heavy atom. The van der Waals surface area contributed by atoms with Crippen LogP contribution in [0.5, 0.6) is 0 Å². The zero-order chi connectivity index (χ0) is 13.1. The van der Waals surface area contributed by atoms with Crippen molar-refractivity contribution in [2.75, 3.05) is 13.7 Å². The van der Waals surface area contributed by atoms with Gasteiger partial charge in [0.25, 0.3) is 0 Å². The number of alkyl halides is 4. The Morgan fingerprint density at radius 2 is 2.00 bits per heavy atom. The van der Waals surface area contributed by atoms with Crippen LogP contribution in [0.2, 0.25) is 0 Å². The van der Waals surface area contributed by atoms with Gasteiger partial charge in [-0.2, -0.15) is 8.78 Å². The van der Waals surface area contributed by atoms with Crippen molar-refractivity contribution < 1.29 is 31.8 Å². The van der Waals surface area contributed by atoms with Gasteiger partial charge in [-0.05, 0) is 19.3 Å². The maximum Gasteiger partial charge on any atom is 0.330 e. The number of esters is 1. The van der Waals surface area contributed by atoms with Crippen LogP contribution in [-0.2, 0) is 14.3 Å². The van der Waals surface area contributed by atoms with Crippen molar-refractivity contribution in [3.63, 3.8) is 0 Å². The van der Waals surface area contributed by atoms with E-state index in [1.54, 1.807) is 0 Å². The highest BCUT2D eigenvalue weighted by Gasteiger charge is 2.47. The molecular formula is C10H14F4O3. The largest absolute Gasteiger partial charge is 0.469 e. The van der Waals surface area contributed by atoms with Crippen LogP contribution in [0.15, 0.2) is 0 Å². The summed E-state index contributed by atoms with van der Waals surface area (Å²) >= 11 is 0. The molecule has 1 aliphatic carbocycles. The van der Waals surface area contributed by atoms with Gasteiger partial charge < -0.3 is 9.47 Å². The Kier molecular flexibility index (Phi) is 4.35. The molecule has 1 aliphatic rings. The van der Waals surface area contributed by atoms with Crippen molar-refractivity contribution in [1.82, 2.24) is 0 Å². The molecular weight excluding hydrogens is 244 g/mol. The molecule has 0 bridgehead atoms. The summed E-state index contributed by atoms with van der Waals surface area (Å²) in [6.07, 6.45) is -2.42. The number of carbonyl (C=O) groups is 1. The van der Waals surface area contributed by atoms with Crippen LogP contribution in [0.25, 0.3) is 0 Å². The lowest BCUT2D eigenvalue weighted by atomic mass is 9.77. The minimum Gasteiger partial charge on any atom is -0.469 e. The van der Waals surface area contributed by atoms with Crippen molar-refractivity contribution in [2.24, 2.45) is 0 Å². The van der Waals surface area contributed by atoms with Crippen LogP contribution in [-0.4, -0.2) is 37.6 Å². The van der Waals surface area contributed by atoms with Gasteiger partial charge in [0, 0.05) is 0 Å². The zero-order valence-corrected chi connectivity index (χ0v) is 9.35. The number of hydrogen-bond acceptors (Lipinski definition) is 3. The molecule has 0 N–H and O–H groups in total. The molecule has 0 radical (unpaired) electrons. The third-order valence-corrected chi connectivity index (χ3v) is 2.85. The van der Waals surface area contributed by atoms with Crippen LogP contribution in [0, 0.1) is 0 Å². The predicted octanol–water partition coefficient (Wildman–Crippen LogP) is 2.39. The monoisotopic (exact) mass is 258 g/mol. The van der Waals surface area contributed by atoms with Crippen LogP contribution in [0.3, 0.4) is 0 Å². The van der Waals surface area contributed by atoms with Crippen LogP contribution < -0.4 is 0 Å². The third kappa shape index (κ3) is 3.55. The standard InChI is InChI=1S/C10H14F4O3/c1-16-7(15)5-9(3-2-4-9)17-6-10(13,14)8(11)12/h8H,2-6H2,1H3. The van der Waals surface area contributed by atoms with Gasteiger partial charge in [0.05, 0.1) is 19.1 Å². The summed E-state index contributed by atoms with van der Waals surface area (Å²) in [6, 6.07) is 0. The summed E-state index contributed by atoms with van der Waals surface area (Å²) in [7, 11) is 1.17. The number of halogens is 4. The van der Waals surface area contributed by atoms with Gasteiger partial charge in [-0.15, -0.1) is 0 Å². The molecule has 0 spiro atoms. The van der Waals surface area contributed by atoms with E-state index in [1.807, 2.05) is 0 Å². The smallest absolute Gasteiger partial charge is 0.330 e. The van der Waals surface area contributed by atoms with E-state index in [-0.39, 0.29) is 6.42 Å². The topological polar surface area (TPSA) is 35.5 Å². The number of hydrogen-bond donors (Lipinski definition) is 0. The minimum absolute atomic E-state index is 0.178. The van der Waals surface area contributed by atoms with Crippen LogP contribution in [0.1, 0.15) is 25.7 Å². The summed E-state index contributed by atoms with van der Waals surface area (Å²) in [6.45, 7) is -1.37. The van der Waals surface area contributed by atoms with Crippen molar-refractivity contribution in [1.29, 1.82) is 0 Å². The van der Waals surface area contributed by atoms with Gasteiger partial charge in [-0.1, -0.05) is 0 Å². The maximum atomic E-state index is 12.7. The van der Waals surface area contributed by atoms with E-state index in [1.165, 1.54) is 7.11 Å². The van der Waals surface area contributed by atoms with E-state index in [0.29, 0.717) is 12.8 Å². The first-order valence-electron chi connectivity index (χ1n) is 5.18. The molecule has 0 aliphatic heterocycles. The summed E-state index contributed by atoms with van der Waals surface area (Å²) in [4.78, 5) is 11.0. The van der Waals surface area contributed by atoms with Crippen LogP contribution in [0.4, 0.5) is 17.6 Å².